The molecule has 2 aromatic rings. The van der Waals surface area contributed by atoms with Crippen LogP contribution in [0.4, 0.5) is 0 Å². The average molecular weight is 250 g/mol. The van der Waals surface area contributed by atoms with Gasteiger partial charge in [0.25, 0.3) is 0 Å². The lowest BCUT2D eigenvalue weighted by molar-refractivity contribution is 0.0897. The zero-order valence-corrected chi connectivity index (χ0v) is 11.2. The normalized spacial score (nSPS) is 13.5. The summed E-state index contributed by atoms with van der Waals surface area (Å²) >= 11 is 0. The first-order valence-corrected chi connectivity index (χ1v) is 6.45. The molecule has 1 nitrogen and oxygen atoms in total. The zero-order chi connectivity index (χ0) is 13.7. The molecule has 0 aliphatic rings. The Balaban J connectivity index is 2.46. The van der Waals surface area contributed by atoms with E-state index in [4.69, 9.17) is 0 Å². The van der Waals surface area contributed by atoms with Crippen molar-refractivity contribution >= 4 is 5.78 Å². The van der Waals surface area contributed by atoms with E-state index in [1.807, 2.05) is 73.7 Å². The minimum atomic E-state index is -0.551. The molecule has 0 radical (unpaired) electrons. The van der Waals surface area contributed by atoms with Gasteiger partial charge in [0.05, 0.1) is 5.41 Å². The zero-order valence-electron chi connectivity index (χ0n) is 11.2. The van der Waals surface area contributed by atoms with E-state index < -0.39 is 5.41 Å². The highest BCUT2D eigenvalue weighted by atomic mass is 16.1. The van der Waals surface area contributed by atoms with E-state index in [-0.39, 0.29) is 5.78 Å². The highest BCUT2D eigenvalue weighted by Gasteiger charge is 2.34. The van der Waals surface area contributed by atoms with E-state index in [0.717, 1.165) is 11.1 Å². The molecule has 2 rings (SSSR count). The van der Waals surface area contributed by atoms with Crippen LogP contribution >= 0.6 is 0 Å². The summed E-state index contributed by atoms with van der Waals surface area (Å²) in [6.45, 7) is 5.78. The molecule has 1 atom stereocenters. The fraction of sp³-hybridized carbons (Fsp3) is 0.167. The highest BCUT2D eigenvalue weighted by Crippen LogP contribution is 2.31. The van der Waals surface area contributed by atoms with Crippen LogP contribution < -0.4 is 0 Å². The minimum Gasteiger partial charge on any atom is -0.293 e. The van der Waals surface area contributed by atoms with Gasteiger partial charge in [0.1, 0.15) is 0 Å². The molecule has 0 saturated carbocycles. The van der Waals surface area contributed by atoms with Gasteiger partial charge in [-0.3, -0.25) is 4.79 Å². The summed E-state index contributed by atoms with van der Waals surface area (Å²) in [5, 5.41) is 0. The average Bonchev–Trinajstić information content (AvgIpc) is 2.48. The van der Waals surface area contributed by atoms with Crippen molar-refractivity contribution in [1.29, 1.82) is 0 Å². The number of rotatable bonds is 5. The molecule has 0 amide bonds. The van der Waals surface area contributed by atoms with Crippen LogP contribution in [-0.4, -0.2) is 5.78 Å². The topological polar surface area (TPSA) is 17.1 Å². The van der Waals surface area contributed by atoms with E-state index in [2.05, 4.69) is 6.58 Å². The summed E-state index contributed by atoms with van der Waals surface area (Å²) < 4.78 is 0. The first kappa shape index (κ1) is 13.3. The molecule has 0 aromatic heterocycles. The van der Waals surface area contributed by atoms with Crippen LogP contribution in [0.2, 0.25) is 0 Å². The van der Waals surface area contributed by atoms with Crippen molar-refractivity contribution in [2.24, 2.45) is 0 Å². The molecule has 96 valence electrons. The van der Waals surface area contributed by atoms with Crippen LogP contribution in [-0.2, 0) is 5.41 Å². The number of hydrogen-bond acceptors (Lipinski definition) is 1. The molecule has 0 spiro atoms. The molecule has 1 heteroatoms. The maximum absolute atomic E-state index is 12.8. The van der Waals surface area contributed by atoms with Crippen molar-refractivity contribution in [3.05, 3.63) is 84.4 Å². The van der Waals surface area contributed by atoms with Crippen molar-refractivity contribution in [1.82, 2.24) is 0 Å². The standard InChI is InChI=1S/C18H18O/c1-3-14-18(2,16-12-8-5-9-13-16)17(19)15-10-6-4-7-11-15/h3-13H,1,14H2,2H3. The number of carbonyl (C=O) groups excluding carboxylic acids is 1. The number of hydrogen-bond donors (Lipinski definition) is 0. The molecule has 0 fully saturated rings. The SMILES string of the molecule is C=CCC(C)(C(=O)c1ccccc1)c1ccccc1. The van der Waals surface area contributed by atoms with Crippen molar-refractivity contribution < 1.29 is 4.79 Å². The number of ketones is 1. The Bertz CT molecular complexity index is 557. The maximum Gasteiger partial charge on any atom is 0.173 e. The predicted octanol–water partition coefficient (Wildman–Crippen LogP) is 4.40. The largest absolute Gasteiger partial charge is 0.293 e. The van der Waals surface area contributed by atoms with Gasteiger partial charge in [0.2, 0.25) is 0 Å². The Morgan fingerprint density at radius 2 is 1.58 bits per heavy atom. The van der Waals surface area contributed by atoms with E-state index in [1.54, 1.807) is 0 Å². The van der Waals surface area contributed by atoms with Crippen LogP contribution in [0.15, 0.2) is 73.3 Å². The Morgan fingerprint density at radius 1 is 1.05 bits per heavy atom. The van der Waals surface area contributed by atoms with Gasteiger partial charge >= 0.3 is 0 Å². The molecular weight excluding hydrogens is 232 g/mol. The number of benzene rings is 2. The van der Waals surface area contributed by atoms with E-state index in [0.29, 0.717) is 6.42 Å². The summed E-state index contributed by atoms with van der Waals surface area (Å²) in [7, 11) is 0. The smallest absolute Gasteiger partial charge is 0.173 e. The fourth-order valence-corrected chi connectivity index (χ4v) is 2.34. The molecule has 19 heavy (non-hydrogen) atoms. The van der Waals surface area contributed by atoms with E-state index >= 15 is 0 Å². The Morgan fingerprint density at radius 3 is 2.11 bits per heavy atom. The van der Waals surface area contributed by atoms with Crippen LogP contribution in [0.3, 0.4) is 0 Å². The quantitative estimate of drug-likeness (QED) is 0.567. The molecule has 1 unspecified atom stereocenters. The molecule has 0 bridgehead atoms. The van der Waals surface area contributed by atoms with Crippen LogP contribution in [0.1, 0.15) is 29.3 Å². The fourth-order valence-electron chi connectivity index (χ4n) is 2.34. The molecular formula is C18H18O. The summed E-state index contributed by atoms with van der Waals surface area (Å²) in [5.41, 5.74) is 1.23. The van der Waals surface area contributed by atoms with Gasteiger partial charge in [-0.1, -0.05) is 66.7 Å². The van der Waals surface area contributed by atoms with E-state index in [1.165, 1.54) is 0 Å². The first-order valence-electron chi connectivity index (χ1n) is 6.45. The lowest BCUT2D eigenvalue weighted by Crippen LogP contribution is -2.32. The van der Waals surface area contributed by atoms with Crippen LogP contribution in [0, 0.1) is 0 Å². The minimum absolute atomic E-state index is 0.138. The van der Waals surface area contributed by atoms with Crippen LogP contribution in [0.25, 0.3) is 0 Å². The highest BCUT2D eigenvalue weighted by molar-refractivity contribution is 6.03. The van der Waals surface area contributed by atoms with Crippen molar-refractivity contribution in [2.75, 3.05) is 0 Å². The van der Waals surface area contributed by atoms with Gasteiger partial charge in [-0.15, -0.1) is 6.58 Å². The second-order valence-corrected chi connectivity index (χ2v) is 4.89. The first-order chi connectivity index (χ1) is 9.18. The monoisotopic (exact) mass is 250 g/mol. The third kappa shape index (κ3) is 2.65. The second kappa shape index (κ2) is 5.66. The van der Waals surface area contributed by atoms with Gasteiger partial charge in [0.15, 0.2) is 5.78 Å². The Hall–Kier alpha value is -2.15. The van der Waals surface area contributed by atoms with Crippen LogP contribution in [0.5, 0.6) is 0 Å². The van der Waals surface area contributed by atoms with Gasteiger partial charge in [-0.2, -0.15) is 0 Å². The lowest BCUT2D eigenvalue weighted by atomic mass is 9.74. The maximum atomic E-state index is 12.8. The summed E-state index contributed by atoms with van der Waals surface area (Å²) in [4.78, 5) is 12.8. The molecule has 0 heterocycles. The Labute approximate surface area is 114 Å². The lowest BCUT2D eigenvalue weighted by Gasteiger charge is -2.27. The van der Waals surface area contributed by atoms with E-state index in [9.17, 15) is 4.79 Å². The third-order valence-corrected chi connectivity index (χ3v) is 3.50. The molecule has 2 aromatic carbocycles. The second-order valence-electron chi connectivity index (χ2n) is 4.89. The molecule has 0 saturated heterocycles. The van der Waals surface area contributed by atoms with Crippen molar-refractivity contribution in [2.45, 2.75) is 18.8 Å². The number of allylic oxidation sites excluding steroid dienone is 1. The van der Waals surface area contributed by atoms with Crippen molar-refractivity contribution in [3.8, 4) is 0 Å². The summed E-state index contributed by atoms with van der Waals surface area (Å²) in [6, 6.07) is 19.4. The third-order valence-electron chi connectivity index (χ3n) is 3.50. The van der Waals surface area contributed by atoms with Gasteiger partial charge < -0.3 is 0 Å². The molecule has 0 aliphatic carbocycles. The van der Waals surface area contributed by atoms with Crippen molar-refractivity contribution in [3.63, 3.8) is 0 Å². The Kier molecular flexibility index (Phi) is 3.96. The molecule has 0 N–H and O–H groups in total. The number of Topliss-reactive ketones (excluding diaryl/α,β-unsaturated/α-hetero) is 1. The summed E-state index contributed by atoms with van der Waals surface area (Å²) in [5.74, 6) is 0.138. The predicted molar refractivity (Wildman–Crippen MR) is 79.4 cm³/mol. The molecule has 0 aliphatic heterocycles. The summed E-state index contributed by atoms with van der Waals surface area (Å²) in [6.07, 6.45) is 2.44. The van der Waals surface area contributed by atoms with Gasteiger partial charge in [-0.05, 0) is 18.9 Å². The number of carbonyl (C=O) groups is 1. The van der Waals surface area contributed by atoms with Gasteiger partial charge in [-0.25, -0.2) is 0 Å². The van der Waals surface area contributed by atoms with Gasteiger partial charge in [0, 0.05) is 5.56 Å².